The van der Waals surface area contributed by atoms with E-state index in [4.69, 9.17) is 24.3 Å². The summed E-state index contributed by atoms with van der Waals surface area (Å²) >= 11 is 3.53. The zero-order chi connectivity index (χ0) is 60.0. The van der Waals surface area contributed by atoms with E-state index in [-0.39, 0.29) is 11.2 Å². The van der Waals surface area contributed by atoms with E-state index in [1.807, 2.05) is 116 Å². The van der Waals surface area contributed by atoms with Crippen LogP contribution in [0.15, 0.2) is 226 Å². The normalized spacial score (nSPS) is 15.1. The van der Waals surface area contributed by atoms with Gasteiger partial charge < -0.3 is 29.0 Å². The number of pyridine rings is 5. The van der Waals surface area contributed by atoms with Crippen molar-refractivity contribution >= 4 is 104 Å². The van der Waals surface area contributed by atoms with Gasteiger partial charge in [-0.3, -0.25) is 9.97 Å². The molecule has 7 aromatic heterocycles. The summed E-state index contributed by atoms with van der Waals surface area (Å²) in [6, 6.07) is 60.8. The molecular formula is C70H61BBrN14O2+. The second-order valence-electron chi connectivity index (χ2n) is 22.4. The van der Waals surface area contributed by atoms with Crippen molar-refractivity contribution in [1.82, 2.24) is 44.9 Å². The van der Waals surface area contributed by atoms with Crippen LogP contribution < -0.4 is 9.71 Å². The van der Waals surface area contributed by atoms with Crippen molar-refractivity contribution in [3.05, 3.63) is 240 Å². The van der Waals surface area contributed by atoms with Gasteiger partial charge in [-0.1, -0.05) is 114 Å². The molecule has 0 unspecified atom stereocenters. The Morgan fingerprint density at radius 1 is 0.500 bits per heavy atom. The summed E-state index contributed by atoms with van der Waals surface area (Å²) in [5.41, 5.74) is 15.5. The molecule has 11 aromatic rings. The average molecular weight is 1220 g/mol. The van der Waals surface area contributed by atoms with Crippen molar-refractivity contribution in [1.29, 1.82) is 0 Å². The topological polar surface area (TPSA) is 184 Å². The molecule has 0 spiro atoms. The SMILES string of the molecule is Brc1cc(-c2nc3c([nH]2)C=C[C+]=N3)nc(-c2nc3ncccc3[nH]2)c1.C1CCC1.CC1(C)OB(N(c2ccccc2)c2ccccc2)OC1(C)C.c1ccc(N(c2ccccc2)c2cc(C3=Nc4cccnc4C3)nc(C3=Nc4cccnc4C3)c2)cc1. The highest BCUT2D eigenvalue weighted by Crippen LogP contribution is 2.42. The number of nitrogens with one attached hydrogen (secondary N) is 2. The predicted octanol–water partition coefficient (Wildman–Crippen LogP) is 16.4. The number of imidazole rings is 2. The van der Waals surface area contributed by atoms with Gasteiger partial charge >= 0.3 is 7.25 Å². The summed E-state index contributed by atoms with van der Waals surface area (Å²) in [7, 11) is -0.449. The zero-order valence-corrected chi connectivity index (χ0v) is 50.7. The second-order valence-corrected chi connectivity index (χ2v) is 23.4. The summed E-state index contributed by atoms with van der Waals surface area (Å²) in [5, 5.41) is 0. The van der Waals surface area contributed by atoms with Crippen molar-refractivity contribution in [2.45, 2.75) is 77.4 Å². The minimum absolute atomic E-state index is 0.362. The first-order valence-electron chi connectivity index (χ1n) is 29.4. The lowest BCUT2D eigenvalue weighted by molar-refractivity contribution is 0.00578. The van der Waals surface area contributed by atoms with Gasteiger partial charge in [0.25, 0.3) is 5.82 Å². The van der Waals surface area contributed by atoms with E-state index in [9.17, 15) is 0 Å². The van der Waals surface area contributed by atoms with E-state index in [1.165, 1.54) is 25.7 Å². The summed E-state index contributed by atoms with van der Waals surface area (Å²) in [4.78, 5) is 56.8. The molecule has 16 rings (SSSR count). The summed E-state index contributed by atoms with van der Waals surface area (Å²) in [6.07, 6.45) is 19.0. The number of allylic oxidation sites excluding steroid dienone is 1. The third kappa shape index (κ3) is 12.5. The number of hydrogen-bond acceptors (Lipinski definition) is 14. The molecule has 11 heterocycles. The molecule has 2 N–H and O–H groups in total. The first kappa shape index (κ1) is 57.1. The van der Waals surface area contributed by atoms with Gasteiger partial charge in [-0.2, -0.15) is 0 Å². The van der Waals surface area contributed by atoms with Gasteiger partial charge in [0.1, 0.15) is 17.5 Å². The Bertz CT molecular complexity index is 4150. The van der Waals surface area contributed by atoms with Gasteiger partial charge in [0, 0.05) is 58.7 Å². The fourth-order valence-corrected chi connectivity index (χ4v) is 10.7. The number of nitrogens with zero attached hydrogens (tertiary/aromatic N) is 12. The maximum Gasteiger partial charge on any atom is 0.598 e. The molecule has 4 aliphatic heterocycles. The van der Waals surface area contributed by atoms with E-state index >= 15 is 0 Å². The van der Waals surface area contributed by atoms with Gasteiger partial charge in [-0.25, -0.2) is 29.9 Å². The maximum absolute atomic E-state index is 6.24. The molecule has 2 fully saturated rings. The van der Waals surface area contributed by atoms with E-state index in [0.29, 0.717) is 47.3 Å². The first-order chi connectivity index (χ1) is 43.0. The molecule has 0 atom stereocenters. The molecule has 0 bridgehead atoms. The standard InChI is InChI=1S/C31H22N6.C18H22BNO2.C17H9BrN7.C4H8/c1-3-9-21(10-4-1)37(22-11-5-2-6-12-22)23-17-28(30-19-26-24(34-30)13-7-15-32-26)36-29(18-23)31-20-27-25(35-31)14-8-16-33-27;1-17(2)18(3,4)22-19(21-17)20(15-11-7-5-8-12-15)16-13-9-6-10-14-16;18-9-7-12(16-22-10-3-1-5-19-14(10)24-16)21-13(8-9)17-23-11-4-2-6-20-15(11)25-17;1-2-4-3-1/h1-18H,19-20H2;5-14H,1-4H3;1-5,7-8H,(H,19,22,24)(H,20,23,25);1-4H2/q;;+1;. The lowest BCUT2D eigenvalue weighted by Gasteiger charge is -2.32. The van der Waals surface area contributed by atoms with Crippen LogP contribution in [0.25, 0.3) is 40.3 Å². The molecule has 18 heteroatoms. The Morgan fingerprint density at radius 2 is 0.977 bits per heavy atom. The number of para-hydroxylation sites is 4. The van der Waals surface area contributed by atoms with Gasteiger partial charge in [0.05, 0.1) is 74.1 Å². The third-order valence-corrected chi connectivity index (χ3v) is 16.3. The number of anilines is 5. The van der Waals surface area contributed by atoms with Crippen LogP contribution in [0.4, 0.5) is 45.6 Å². The number of benzene rings is 4. The second kappa shape index (κ2) is 25.2. The van der Waals surface area contributed by atoms with Crippen molar-refractivity contribution in [3.63, 3.8) is 0 Å². The number of fused-ring (bicyclic) bond motifs is 4. The molecule has 4 aromatic carbocycles. The Hall–Kier alpha value is -9.97. The summed E-state index contributed by atoms with van der Waals surface area (Å²) in [6.45, 7) is 8.28. The summed E-state index contributed by atoms with van der Waals surface area (Å²) in [5.74, 6) is 1.89. The number of halogens is 1. The van der Waals surface area contributed by atoms with Crippen LogP contribution in [0.1, 0.15) is 81.8 Å². The van der Waals surface area contributed by atoms with Gasteiger partial charge in [-0.15, -0.1) is 4.98 Å². The molecule has 1 saturated heterocycles. The number of H-pyrrole nitrogens is 2. The molecule has 5 aliphatic rings. The van der Waals surface area contributed by atoms with Crippen LogP contribution in [0.2, 0.25) is 0 Å². The molecule has 1 aliphatic carbocycles. The fourth-order valence-electron chi connectivity index (χ4n) is 10.2. The van der Waals surface area contributed by atoms with Gasteiger partial charge in [0.2, 0.25) is 5.69 Å². The Morgan fingerprint density at radius 3 is 1.47 bits per heavy atom. The largest absolute Gasteiger partial charge is 0.598 e. The van der Waals surface area contributed by atoms with Crippen LogP contribution in [-0.2, 0) is 22.2 Å². The third-order valence-electron chi connectivity index (χ3n) is 15.9. The Kier molecular flexibility index (Phi) is 16.3. The van der Waals surface area contributed by atoms with Crippen LogP contribution in [-0.4, -0.2) is 80.9 Å². The van der Waals surface area contributed by atoms with Crippen LogP contribution >= 0.6 is 15.9 Å². The van der Waals surface area contributed by atoms with E-state index in [2.05, 4.69) is 189 Å². The highest BCUT2D eigenvalue weighted by atomic mass is 79.9. The maximum atomic E-state index is 6.24. The minimum atomic E-state index is -0.449. The van der Waals surface area contributed by atoms with E-state index in [1.54, 1.807) is 12.3 Å². The Labute approximate surface area is 519 Å². The number of aliphatic imine (C=N–C) groups is 3. The van der Waals surface area contributed by atoms with Crippen molar-refractivity contribution in [2.75, 3.05) is 9.71 Å². The molecule has 0 radical (unpaired) electrons. The first-order valence-corrected chi connectivity index (χ1v) is 30.2. The molecule has 88 heavy (non-hydrogen) atoms. The van der Waals surface area contributed by atoms with Crippen molar-refractivity contribution < 1.29 is 9.31 Å². The fraction of sp³-hybridized carbons (Fsp3) is 0.171. The van der Waals surface area contributed by atoms with E-state index < -0.39 is 7.25 Å². The highest BCUT2D eigenvalue weighted by Gasteiger charge is 2.54. The average Bonchev–Trinajstić information content (AvgIpc) is 2.36. The number of aromatic amines is 2. The lowest BCUT2D eigenvalue weighted by atomic mass is 9.90. The van der Waals surface area contributed by atoms with Gasteiger partial charge in [0.15, 0.2) is 23.5 Å². The number of hydrogen-bond donors (Lipinski definition) is 2. The lowest BCUT2D eigenvalue weighted by Crippen LogP contribution is -2.41. The van der Waals surface area contributed by atoms with Crippen molar-refractivity contribution in [3.8, 4) is 23.0 Å². The van der Waals surface area contributed by atoms with Crippen LogP contribution in [0, 0.1) is 0 Å². The van der Waals surface area contributed by atoms with Crippen LogP contribution in [0.3, 0.4) is 0 Å². The molecule has 1 saturated carbocycles. The summed E-state index contributed by atoms with van der Waals surface area (Å²) < 4.78 is 13.4. The molecule has 16 nitrogen and oxygen atoms in total. The zero-order valence-electron chi connectivity index (χ0n) is 49.1. The van der Waals surface area contributed by atoms with Crippen LogP contribution in [0.5, 0.6) is 0 Å². The quantitative estimate of drug-likeness (QED) is 0.0981. The molecular weight excluding hydrogens is 1160 g/mol. The van der Waals surface area contributed by atoms with E-state index in [0.717, 1.165) is 89.7 Å². The monoisotopic (exact) mass is 1220 g/mol. The Balaban J connectivity index is 0.000000122. The predicted molar refractivity (Wildman–Crippen MR) is 355 cm³/mol. The van der Waals surface area contributed by atoms with Crippen molar-refractivity contribution in [2.24, 2.45) is 15.0 Å². The smallest absolute Gasteiger partial charge is 0.384 e. The van der Waals surface area contributed by atoms with Gasteiger partial charge in [-0.05, 0) is 142 Å². The minimum Gasteiger partial charge on any atom is -0.384 e. The number of rotatable bonds is 10. The molecule has 0 amide bonds. The highest BCUT2D eigenvalue weighted by molar-refractivity contribution is 9.10. The molecule has 432 valence electrons. The number of aromatic nitrogens is 9.